The Labute approximate surface area is 103 Å². The molecule has 0 radical (unpaired) electrons. The van der Waals surface area contributed by atoms with E-state index in [9.17, 15) is 5.11 Å². The van der Waals surface area contributed by atoms with Gasteiger partial charge in [-0.3, -0.25) is 0 Å². The number of nitrogens with zero attached hydrogens (tertiary/aromatic N) is 3. The molecule has 18 heavy (non-hydrogen) atoms. The second-order valence-corrected chi connectivity index (χ2v) is 3.92. The highest BCUT2D eigenvalue weighted by molar-refractivity contribution is 5.76. The summed E-state index contributed by atoms with van der Waals surface area (Å²) in [7, 11) is 0. The van der Waals surface area contributed by atoms with Crippen molar-refractivity contribution < 1.29 is 5.11 Å². The summed E-state index contributed by atoms with van der Waals surface area (Å²) in [5.74, 6) is 0.122. The molecule has 1 N–H and O–H groups in total. The van der Waals surface area contributed by atoms with Crippen LogP contribution in [0.5, 0.6) is 5.75 Å². The maximum Gasteiger partial charge on any atom is 0.140 e. The first-order valence-electron chi connectivity index (χ1n) is 5.45. The number of fused-ring (bicyclic) bond motifs is 1. The van der Waals surface area contributed by atoms with Gasteiger partial charge >= 0.3 is 0 Å². The largest absolute Gasteiger partial charge is 0.507 e. The van der Waals surface area contributed by atoms with Gasteiger partial charge in [0, 0.05) is 35.8 Å². The summed E-state index contributed by atoms with van der Waals surface area (Å²) in [5, 5.41) is 19.1. The molecule has 2 aromatic heterocycles. The summed E-state index contributed by atoms with van der Waals surface area (Å²) >= 11 is 0. The van der Waals surface area contributed by atoms with Crippen LogP contribution in [0.3, 0.4) is 0 Å². The molecule has 3 aromatic rings. The van der Waals surface area contributed by atoms with Crippen LogP contribution in [0.2, 0.25) is 0 Å². The molecule has 0 saturated carbocycles. The Morgan fingerprint density at radius 1 is 1.22 bits per heavy atom. The zero-order valence-corrected chi connectivity index (χ0v) is 9.41. The molecule has 0 fully saturated rings. The Morgan fingerprint density at radius 3 is 2.89 bits per heavy atom. The average Bonchev–Trinajstić information content (AvgIpc) is 2.84. The summed E-state index contributed by atoms with van der Waals surface area (Å²) in [4.78, 5) is 4.09. The Bertz CT molecular complexity index is 768. The van der Waals surface area contributed by atoms with Gasteiger partial charge in [0.25, 0.3) is 0 Å². The number of pyridine rings is 1. The zero-order chi connectivity index (χ0) is 12.5. The molecule has 86 valence electrons. The van der Waals surface area contributed by atoms with E-state index in [2.05, 4.69) is 11.1 Å². The minimum atomic E-state index is 0.122. The van der Waals surface area contributed by atoms with Gasteiger partial charge in [-0.25, -0.2) is 4.98 Å². The molecule has 0 unspecified atom stereocenters. The lowest BCUT2D eigenvalue weighted by atomic mass is 10.0. The molecular formula is C14H9N3O. The maximum absolute atomic E-state index is 10.0. The lowest BCUT2D eigenvalue weighted by Gasteiger charge is -2.07. The van der Waals surface area contributed by atoms with Crippen molar-refractivity contribution in [3.8, 4) is 22.9 Å². The number of benzene rings is 1. The molecule has 0 saturated heterocycles. The summed E-state index contributed by atoms with van der Waals surface area (Å²) < 4.78 is 1.81. The molecule has 1 aromatic carbocycles. The molecule has 4 heteroatoms. The Balaban J connectivity index is 2.31. The molecule has 0 aliphatic carbocycles. The second kappa shape index (κ2) is 3.90. The Morgan fingerprint density at radius 2 is 2.06 bits per heavy atom. The minimum Gasteiger partial charge on any atom is -0.507 e. The van der Waals surface area contributed by atoms with Gasteiger partial charge in [0.15, 0.2) is 0 Å². The standard InChI is InChI=1S/C14H9N3O/c15-8-10-3-1-2-4-11(10)12-9-17-6-5-16-14(17)7-13(12)18/h1-7,9,18H. The summed E-state index contributed by atoms with van der Waals surface area (Å²) in [6, 6.07) is 10.9. The number of aromatic nitrogens is 2. The molecule has 0 spiro atoms. The Hall–Kier alpha value is -2.80. The molecule has 0 atom stereocenters. The third-order valence-electron chi connectivity index (χ3n) is 2.85. The van der Waals surface area contributed by atoms with Crippen LogP contribution in [-0.2, 0) is 0 Å². The van der Waals surface area contributed by atoms with Crippen LogP contribution < -0.4 is 0 Å². The van der Waals surface area contributed by atoms with E-state index in [4.69, 9.17) is 5.26 Å². The van der Waals surface area contributed by atoms with Gasteiger partial charge in [-0.2, -0.15) is 5.26 Å². The summed E-state index contributed by atoms with van der Waals surface area (Å²) in [6.07, 6.45) is 5.23. The van der Waals surface area contributed by atoms with Crippen LogP contribution in [-0.4, -0.2) is 14.5 Å². The normalized spacial score (nSPS) is 10.4. The monoisotopic (exact) mass is 235 g/mol. The number of rotatable bonds is 1. The highest BCUT2D eigenvalue weighted by Crippen LogP contribution is 2.31. The first kappa shape index (κ1) is 10.4. The molecule has 3 rings (SSSR count). The SMILES string of the molecule is N#Cc1ccccc1-c1cn2ccnc2cc1O. The minimum absolute atomic E-state index is 0.122. The predicted octanol–water partition coefficient (Wildman–Crippen LogP) is 2.58. The van der Waals surface area contributed by atoms with Gasteiger partial charge in [-0.1, -0.05) is 18.2 Å². The van der Waals surface area contributed by atoms with E-state index in [0.29, 0.717) is 22.3 Å². The number of nitriles is 1. The smallest absolute Gasteiger partial charge is 0.140 e. The van der Waals surface area contributed by atoms with E-state index < -0.39 is 0 Å². The van der Waals surface area contributed by atoms with Gasteiger partial charge in [0.1, 0.15) is 11.4 Å². The van der Waals surface area contributed by atoms with Gasteiger partial charge in [0.2, 0.25) is 0 Å². The average molecular weight is 235 g/mol. The maximum atomic E-state index is 10.0. The van der Waals surface area contributed by atoms with Crippen LogP contribution in [0.1, 0.15) is 5.56 Å². The van der Waals surface area contributed by atoms with Crippen molar-refractivity contribution in [3.05, 3.63) is 54.5 Å². The van der Waals surface area contributed by atoms with Gasteiger partial charge in [-0.15, -0.1) is 0 Å². The van der Waals surface area contributed by atoms with Crippen molar-refractivity contribution in [1.82, 2.24) is 9.38 Å². The first-order chi connectivity index (χ1) is 8.79. The van der Waals surface area contributed by atoms with Crippen molar-refractivity contribution in [2.24, 2.45) is 0 Å². The van der Waals surface area contributed by atoms with Crippen LogP contribution in [0.25, 0.3) is 16.8 Å². The van der Waals surface area contributed by atoms with E-state index in [0.717, 1.165) is 0 Å². The molecular weight excluding hydrogens is 226 g/mol. The number of hydrogen-bond donors (Lipinski definition) is 1. The van der Waals surface area contributed by atoms with Crippen LogP contribution in [0, 0.1) is 11.3 Å². The molecule has 0 aliphatic heterocycles. The van der Waals surface area contributed by atoms with Crippen molar-refractivity contribution in [3.63, 3.8) is 0 Å². The first-order valence-corrected chi connectivity index (χ1v) is 5.45. The third kappa shape index (κ3) is 1.50. The zero-order valence-electron chi connectivity index (χ0n) is 9.41. The molecule has 2 heterocycles. The van der Waals surface area contributed by atoms with Crippen LogP contribution >= 0.6 is 0 Å². The van der Waals surface area contributed by atoms with E-state index in [1.165, 1.54) is 0 Å². The summed E-state index contributed by atoms with van der Waals surface area (Å²) in [6.45, 7) is 0. The lowest BCUT2D eigenvalue weighted by molar-refractivity contribution is 0.477. The van der Waals surface area contributed by atoms with Gasteiger partial charge in [-0.05, 0) is 6.07 Å². The topological polar surface area (TPSA) is 61.3 Å². The van der Waals surface area contributed by atoms with Gasteiger partial charge < -0.3 is 9.51 Å². The lowest BCUT2D eigenvalue weighted by Crippen LogP contribution is -1.89. The van der Waals surface area contributed by atoms with Crippen molar-refractivity contribution >= 4 is 5.65 Å². The van der Waals surface area contributed by atoms with Gasteiger partial charge in [0.05, 0.1) is 11.6 Å². The Kier molecular flexibility index (Phi) is 2.24. The fourth-order valence-corrected chi connectivity index (χ4v) is 1.97. The van der Waals surface area contributed by atoms with E-state index in [1.54, 1.807) is 36.8 Å². The van der Waals surface area contributed by atoms with E-state index in [-0.39, 0.29) is 5.75 Å². The van der Waals surface area contributed by atoms with E-state index in [1.807, 2.05) is 16.5 Å². The van der Waals surface area contributed by atoms with Crippen LogP contribution in [0.4, 0.5) is 0 Å². The van der Waals surface area contributed by atoms with Crippen molar-refractivity contribution in [2.75, 3.05) is 0 Å². The number of imidazole rings is 1. The van der Waals surface area contributed by atoms with Crippen molar-refractivity contribution in [1.29, 1.82) is 5.26 Å². The van der Waals surface area contributed by atoms with E-state index >= 15 is 0 Å². The predicted molar refractivity (Wildman–Crippen MR) is 67.0 cm³/mol. The number of aromatic hydroxyl groups is 1. The van der Waals surface area contributed by atoms with Crippen LogP contribution in [0.15, 0.2) is 48.9 Å². The fraction of sp³-hybridized carbons (Fsp3) is 0. The second-order valence-electron chi connectivity index (χ2n) is 3.92. The highest BCUT2D eigenvalue weighted by Gasteiger charge is 2.10. The molecule has 0 amide bonds. The molecule has 0 bridgehead atoms. The summed E-state index contributed by atoms with van der Waals surface area (Å²) in [5.41, 5.74) is 2.55. The molecule has 0 aliphatic rings. The third-order valence-corrected chi connectivity index (χ3v) is 2.85. The number of hydrogen-bond acceptors (Lipinski definition) is 3. The van der Waals surface area contributed by atoms with Crippen molar-refractivity contribution in [2.45, 2.75) is 0 Å². The molecule has 4 nitrogen and oxygen atoms in total. The fourth-order valence-electron chi connectivity index (χ4n) is 1.97. The quantitative estimate of drug-likeness (QED) is 0.705. The highest BCUT2D eigenvalue weighted by atomic mass is 16.3.